The Morgan fingerprint density at radius 2 is 1.93 bits per heavy atom. The molecule has 1 N–H and O–H groups in total. The number of methoxy groups -OCH3 is 1. The second-order valence-electron chi connectivity index (χ2n) is 7.48. The van der Waals surface area contributed by atoms with Crippen LogP contribution in [0.4, 0.5) is 11.4 Å². The summed E-state index contributed by atoms with van der Waals surface area (Å²) in [7, 11) is 1.47. The van der Waals surface area contributed by atoms with Gasteiger partial charge in [0.25, 0.3) is 5.69 Å². The van der Waals surface area contributed by atoms with Crippen molar-refractivity contribution in [3.63, 3.8) is 0 Å². The lowest BCUT2D eigenvalue weighted by atomic mass is 9.89. The molecular formula is C22H27N3O4. The van der Waals surface area contributed by atoms with E-state index in [1.165, 1.54) is 30.9 Å². The number of benzene rings is 2. The maximum absolute atomic E-state index is 12.8. The fourth-order valence-corrected chi connectivity index (χ4v) is 3.80. The Kier molecular flexibility index (Phi) is 6.82. The van der Waals surface area contributed by atoms with Gasteiger partial charge in [0.15, 0.2) is 0 Å². The summed E-state index contributed by atoms with van der Waals surface area (Å²) in [5, 5.41) is 13.8. The van der Waals surface area contributed by atoms with E-state index in [4.69, 9.17) is 4.74 Å². The largest absolute Gasteiger partial charge is 0.495 e. The van der Waals surface area contributed by atoms with Gasteiger partial charge in [0, 0.05) is 12.1 Å². The summed E-state index contributed by atoms with van der Waals surface area (Å²) < 4.78 is 5.23. The highest BCUT2D eigenvalue weighted by Crippen LogP contribution is 2.29. The van der Waals surface area contributed by atoms with E-state index in [1.807, 2.05) is 13.0 Å². The number of carbonyl (C=O) groups excluding carboxylic acids is 1. The zero-order chi connectivity index (χ0) is 20.8. The number of nitrogens with zero attached hydrogens (tertiary/aromatic N) is 2. The predicted molar refractivity (Wildman–Crippen MR) is 112 cm³/mol. The number of rotatable bonds is 7. The fraction of sp³-hybridized carbons (Fsp3) is 0.409. The first kappa shape index (κ1) is 20.8. The average molecular weight is 397 g/mol. The molecule has 154 valence electrons. The minimum Gasteiger partial charge on any atom is -0.495 e. The number of nitrogens with one attached hydrogen (secondary N) is 1. The van der Waals surface area contributed by atoms with Crippen molar-refractivity contribution in [1.82, 2.24) is 4.90 Å². The lowest BCUT2D eigenvalue weighted by Gasteiger charge is -2.35. The van der Waals surface area contributed by atoms with Crippen LogP contribution in [0.5, 0.6) is 5.75 Å². The molecule has 0 aliphatic carbocycles. The van der Waals surface area contributed by atoms with Crippen LogP contribution in [0.3, 0.4) is 0 Å². The number of nitro groups is 1. The summed E-state index contributed by atoms with van der Waals surface area (Å²) in [4.78, 5) is 25.5. The van der Waals surface area contributed by atoms with Crippen molar-refractivity contribution < 1.29 is 14.5 Å². The minimum atomic E-state index is -0.490. The molecule has 0 aromatic heterocycles. The van der Waals surface area contributed by atoms with Crippen LogP contribution >= 0.6 is 0 Å². The number of ether oxygens (including phenoxy) is 1. The molecule has 0 radical (unpaired) electrons. The van der Waals surface area contributed by atoms with Crippen molar-refractivity contribution in [2.45, 2.75) is 32.2 Å². The Labute approximate surface area is 170 Å². The van der Waals surface area contributed by atoms with Crippen molar-refractivity contribution >= 4 is 17.3 Å². The monoisotopic (exact) mass is 397 g/mol. The maximum atomic E-state index is 12.8. The van der Waals surface area contributed by atoms with Crippen LogP contribution in [0, 0.1) is 16.0 Å². The quantitative estimate of drug-likeness (QED) is 0.566. The van der Waals surface area contributed by atoms with E-state index in [1.54, 1.807) is 0 Å². The molecule has 29 heavy (non-hydrogen) atoms. The number of hydrogen-bond acceptors (Lipinski definition) is 5. The van der Waals surface area contributed by atoms with E-state index < -0.39 is 4.92 Å². The van der Waals surface area contributed by atoms with E-state index in [0.29, 0.717) is 17.4 Å². The molecule has 1 heterocycles. The molecule has 1 saturated heterocycles. The molecule has 1 aliphatic rings. The lowest BCUT2D eigenvalue weighted by molar-refractivity contribution is -0.384. The van der Waals surface area contributed by atoms with Gasteiger partial charge in [0.1, 0.15) is 5.75 Å². The predicted octanol–water partition coefficient (Wildman–Crippen LogP) is 3.89. The Morgan fingerprint density at radius 1 is 1.24 bits per heavy atom. The van der Waals surface area contributed by atoms with Gasteiger partial charge in [-0.25, -0.2) is 0 Å². The topological polar surface area (TPSA) is 84.7 Å². The number of nitro benzene ring substituents is 1. The van der Waals surface area contributed by atoms with Crippen molar-refractivity contribution in [3.05, 3.63) is 64.2 Å². The number of non-ortho nitro benzene ring substituents is 1. The van der Waals surface area contributed by atoms with Crippen LogP contribution < -0.4 is 10.1 Å². The van der Waals surface area contributed by atoms with Gasteiger partial charge in [0.05, 0.1) is 23.8 Å². The Hall–Kier alpha value is -2.93. The molecule has 1 fully saturated rings. The van der Waals surface area contributed by atoms with Gasteiger partial charge >= 0.3 is 0 Å². The van der Waals surface area contributed by atoms with E-state index >= 15 is 0 Å². The molecule has 0 unspecified atom stereocenters. The van der Waals surface area contributed by atoms with Crippen LogP contribution in [0.2, 0.25) is 0 Å². The van der Waals surface area contributed by atoms with Crippen LogP contribution in [0.1, 0.15) is 25.3 Å². The summed E-state index contributed by atoms with van der Waals surface area (Å²) in [5.74, 6) is 0.837. The SMILES string of the molecule is COc1ccc([N+](=O)[O-])cc1NC(=O)[C@@H](C)N1CCC(Cc2ccccc2)CC1. The second-order valence-corrected chi connectivity index (χ2v) is 7.48. The Bertz CT molecular complexity index is 848. The number of carbonyl (C=O) groups is 1. The highest BCUT2D eigenvalue weighted by atomic mass is 16.6. The van der Waals surface area contributed by atoms with E-state index in [0.717, 1.165) is 32.4 Å². The van der Waals surface area contributed by atoms with Crippen LogP contribution in [0.25, 0.3) is 0 Å². The molecule has 0 saturated carbocycles. The maximum Gasteiger partial charge on any atom is 0.271 e. The first-order valence-electron chi connectivity index (χ1n) is 9.89. The Balaban J connectivity index is 1.57. The molecule has 2 aromatic rings. The van der Waals surface area contributed by atoms with Crippen LogP contribution in [0.15, 0.2) is 48.5 Å². The van der Waals surface area contributed by atoms with Gasteiger partial charge in [-0.2, -0.15) is 0 Å². The molecule has 1 amide bonds. The van der Waals surface area contributed by atoms with Gasteiger partial charge < -0.3 is 10.1 Å². The second kappa shape index (κ2) is 9.52. The standard InChI is InChI=1S/C22H27N3O4/c1-16(22(26)23-20-15-19(25(27)28)8-9-21(20)29-2)24-12-10-18(11-13-24)14-17-6-4-3-5-7-17/h3-9,15-16,18H,10-14H2,1-2H3,(H,23,26)/t16-/m1/s1. The highest BCUT2D eigenvalue weighted by molar-refractivity contribution is 5.96. The average Bonchev–Trinajstić information content (AvgIpc) is 2.74. The number of piperidine rings is 1. The minimum absolute atomic E-state index is 0.0875. The third-order valence-corrected chi connectivity index (χ3v) is 5.60. The van der Waals surface area contributed by atoms with Gasteiger partial charge in [0.2, 0.25) is 5.91 Å². The van der Waals surface area contributed by atoms with Crippen molar-refractivity contribution in [2.24, 2.45) is 5.92 Å². The first-order chi connectivity index (χ1) is 14.0. The summed E-state index contributed by atoms with van der Waals surface area (Å²) in [6.45, 7) is 3.59. The molecule has 2 aromatic carbocycles. The molecule has 1 atom stereocenters. The van der Waals surface area contributed by atoms with Gasteiger partial charge in [-0.15, -0.1) is 0 Å². The summed E-state index contributed by atoms with van der Waals surface area (Å²) in [6.07, 6.45) is 3.17. The molecular weight excluding hydrogens is 370 g/mol. The van der Waals surface area contributed by atoms with Gasteiger partial charge in [-0.3, -0.25) is 19.8 Å². The number of hydrogen-bond donors (Lipinski definition) is 1. The third kappa shape index (κ3) is 5.32. The van der Waals surface area contributed by atoms with Gasteiger partial charge in [-0.1, -0.05) is 30.3 Å². The zero-order valence-electron chi connectivity index (χ0n) is 16.8. The number of anilines is 1. The highest BCUT2D eigenvalue weighted by Gasteiger charge is 2.27. The van der Waals surface area contributed by atoms with Crippen LogP contribution in [-0.2, 0) is 11.2 Å². The first-order valence-corrected chi connectivity index (χ1v) is 9.89. The summed E-state index contributed by atoms with van der Waals surface area (Å²) in [5.41, 5.74) is 1.59. The smallest absolute Gasteiger partial charge is 0.271 e. The molecule has 3 rings (SSSR count). The summed E-state index contributed by atoms with van der Waals surface area (Å²) in [6, 6.07) is 14.3. The fourth-order valence-electron chi connectivity index (χ4n) is 3.80. The van der Waals surface area contributed by atoms with Gasteiger partial charge in [-0.05, 0) is 56.8 Å². The molecule has 7 nitrogen and oxygen atoms in total. The number of likely N-dealkylation sites (tertiary alicyclic amines) is 1. The van der Waals surface area contributed by atoms with Crippen LogP contribution in [-0.4, -0.2) is 42.0 Å². The number of amides is 1. The van der Waals surface area contributed by atoms with E-state index in [9.17, 15) is 14.9 Å². The lowest BCUT2D eigenvalue weighted by Crippen LogP contribution is -2.46. The summed E-state index contributed by atoms with van der Waals surface area (Å²) >= 11 is 0. The Morgan fingerprint density at radius 3 is 2.55 bits per heavy atom. The zero-order valence-corrected chi connectivity index (χ0v) is 16.8. The molecule has 0 spiro atoms. The molecule has 7 heteroatoms. The molecule has 1 aliphatic heterocycles. The third-order valence-electron chi connectivity index (χ3n) is 5.60. The normalized spacial score (nSPS) is 16.2. The van der Waals surface area contributed by atoms with E-state index in [2.05, 4.69) is 34.5 Å². The molecule has 0 bridgehead atoms. The van der Waals surface area contributed by atoms with Crippen molar-refractivity contribution in [1.29, 1.82) is 0 Å². The van der Waals surface area contributed by atoms with Crippen molar-refractivity contribution in [3.8, 4) is 5.75 Å². The van der Waals surface area contributed by atoms with E-state index in [-0.39, 0.29) is 17.6 Å². The van der Waals surface area contributed by atoms with Crippen molar-refractivity contribution in [2.75, 3.05) is 25.5 Å².